The number of rotatable bonds is 2. The van der Waals surface area contributed by atoms with Gasteiger partial charge in [-0.3, -0.25) is 0 Å². The van der Waals surface area contributed by atoms with Gasteiger partial charge in [0.05, 0.1) is 13.2 Å². The first kappa shape index (κ1) is 10.3. The molecule has 2 nitrogen and oxygen atoms in total. The summed E-state index contributed by atoms with van der Waals surface area (Å²) in [5.74, 6) is 0.869. The maximum absolute atomic E-state index is 5.53. The van der Waals surface area contributed by atoms with E-state index in [9.17, 15) is 0 Å². The highest BCUT2D eigenvalue weighted by atomic mass is 16.5. The fourth-order valence-electron chi connectivity index (χ4n) is 2.86. The van der Waals surface area contributed by atoms with Crippen molar-refractivity contribution in [2.75, 3.05) is 13.1 Å². The Bertz CT molecular complexity index is 369. The minimum atomic E-state index is 0.815. The molecule has 0 aliphatic carbocycles. The van der Waals surface area contributed by atoms with Gasteiger partial charge in [0.1, 0.15) is 0 Å². The third-order valence-electron chi connectivity index (χ3n) is 3.84. The van der Waals surface area contributed by atoms with Crippen LogP contribution in [0.1, 0.15) is 29.5 Å². The van der Waals surface area contributed by atoms with Gasteiger partial charge in [-0.1, -0.05) is 18.2 Å². The molecule has 2 heteroatoms. The molecule has 16 heavy (non-hydrogen) atoms. The molecule has 0 bridgehead atoms. The van der Waals surface area contributed by atoms with Crippen molar-refractivity contribution in [2.45, 2.75) is 32.5 Å². The van der Waals surface area contributed by atoms with Gasteiger partial charge in [0.15, 0.2) is 0 Å². The molecule has 0 amide bonds. The smallest absolute Gasteiger partial charge is 0.0727 e. The van der Waals surface area contributed by atoms with Gasteiger partial charge in [0, 0.05) is 0 Å². The van der Waals surface area contributed by atoms with Gasteiger partial charge in [0.2, 0.25) is 0 Å². The number of hydrogen-bond acceptors (Lipinski definition) is 2. The van der Waals surface area contributed by atoms with E-state index in [1.165, 1.54) is 49.0 Å². The van der Waals surface area contributed by atoms with Crippen molar-refractivity contribution in [3.63, 3.8) is 0 Å². The molecule has 2 aliphatic rings. The summed E-state index contributed by atoms with van der Waals surface area (Å²) in [6.07, 6.45) is 3.89. The third-order valence-corrected chi connectivity index (χ3v) is 3.84. The number of fused-ring (bicyclic) bond motifs is 1. The number of benzene rings is 1. The van der Waals surface area contributed by atoms with E-state index in [1.54, 1.807) is 0 Å². The summed E-state index contributed by atoms with van der Waals surface area (Å²) >= 11 is 0. The highest BCUT2D eigenvalue weighted by Gasteiger charge is 2.19. The zero-order chi connectivity index (χ0) is 10.8. The second kappa shape index (κ2) is 4.56. The molecule has 0 spiro atoms. The van der Waals surface area contributed by atoms with Gasteiger partial charge in [-0.05, 0) is 55.0 Å². The number of ether oxygens (including phenoxy) is 1. The zero-order valence-corrected chi connectivity index (χ0v) is 9.67. The SMILES string of the molecule is c1cc2c(c(CC3CCNCC3)c1)COC2. The van der Waals surface area contributed by atoms with Gasteiger partial charge in [-0.25, -0.2) is 0 Å². The van der Waals surface area contributed by atoms with Crippen LogP contribution in [0.2, 0.25) is 0 Å². The fraction of sp³-hybridized carbons (Fsp3) is 0.571. The molecule has 1 saturated heterocycles. The lowest BCUT2D eigenvalue weighted by atomic mass is 9.88. The molecule has 2 aliphatic heterocycles. The first-order valence-corrected chi connectivity index (χ1v) is 6.31. The van der Waals surface area contributed by atoms with E-state index in [2.05, 4.69) is 23.5 Å². The van der Waals surface area contributed by atoms with E-state index in [1.807, 2.05) is 0 Å². The molecule has 0 aromatic heterocycles. The Labute approximate surface area is 97.0 Å². The van der Waals surface area contributed by atoms with Crippen molar-refractivity contribution in [1.82, 2.24) is 5.32 Å². The molecule has 1 fully saturated rings. The van der Waals surface area contributed by atoms with Crippen LogP contribution in [0.5, 0.6) is 0 Å². The first-order valence-electron chi connectivity index (χ1n) is 6.31. The van der Waals surface area contributed by atoms with Crippen LogP contribution in [0.3, 0.4) is 0 Å². The van der Waals surface area contributed by atoms with E-state index in [0.717, 1.165) is 19.1 Å². The minimum Gasteiger partial charge on any atom is -0.372 e. The Morgan fingerprint density at radius 3 is 2.94 bits per heavy atom. The summed E-state index contributed by atoms with van der Waals surface area (Å²) in [5, 5.41) is 3.43. The second-order valence-electron chi connectivity index (χ2n) is 4.95. The molecule has 86 valence electrons. The van der Waals surface area contributed by atoms with E-state index in [4.69, 9.17) is 4.74 Å². The lowest BCUT2D eigenvalue weighted by molar-refractivity contribution is 0.134. The maximum atomic E-state index is 5.53. The lowest BCUT2D eigenvalue weighted by Crippen LogP contribution is -2.28. The van der Waals surface area contributed by atoms with E-state index < -0.39 is 0 Å². The monoisotopic (exact) mass is 217 g/mol. The van der Waals surface area contributed by atoms with Gasteiger partial charge in [0.25, 0.3) is 0 Å². The molecule has 1 aromatic rings. The largest absolute Gasteiger partial charge is 0.372 e. The van der Waals surface area contributed by atoms with Crippen LogP contribution < -0.4 is 5.32 Å². The Morgan fingerprint density at radius 1 is 1.19 bits per heavy atom. The Balaban J connectivity index is 1.76. The molecular weight excluding hydrogens is 198 g/mol. The van der Waals surface area contributed by atoms with Crippen molar-refractivity contribution < 1.29 is 4.74 Å². The molecule has 0 unspecified atom stereocenters. The summed E-state index contributed by atoms with van der Waals surface area (Å²) in [5.41, 5.74) is 4.41. The van der Waals surface area contributed by atoms with Crippen molar-refractivity contribution in [3.05, 3.63) is 34.9 Å². The van der Waals surface area contributed by atoms with Crippen LogP contribution in [-0.4, -0.2) is 13.1 Å². The first-order chi connectivity index (χ1) is 7.93. The van der Waals surface area contributed by atoms with Gasteiger partial charge in [-0.15, -0.1) is 0 Å². The van der Waals surface area contributed by atoms with Gasteiger partial charge >= 0.3 is 0 Å². The minimum absolute atomic E-state index is 0.815. The maximum Gasteiger partial charge on any atom is 0.0727 e. The fourth-order valence-corrected chi connectivity index (χ4v) is 2.86. The van der Waals surface area contributed by atoms with Crippen LogP contribution in [0, 0.1) is 5.92 Å². The Hall–Kier alpha value is -0.860. The molecule has 0 saturated carbocycles. The van der Waals surface area contributed by atoms with Crippen molar-refractivity contribution in [3.8, 4) is 0 Å². The summed E-state index contributed by atoms with van der Waals surface area (Å²) in [6, 6.07) is 6.67. The van der Waals surface area contributed by atoms with Crippen LogP contribution in [0.15, 0.2) is 18.2 Å². The van der Waals surface area contributed by atoms with Crippen molar-refractivity contribution in [1.29, 1.82) is 0 Å². The molecule has 3 rings (SSSR count). The second-order valence-corrected chi connectivity index (χ2v) is 4.95. The average Bonchev–Trinajstić information content (AvgIpc) is 2.80. The van der Waals surface area contributed by atoms with E-state index >= 15 is 0 Å². The number of nitrogens with one attached hydrogen (secondary N) is 1. The van der Waals surface area contributed by atoms with Crippen LogP contribution in [0.25, 0.3) is 0 Å². The molecular formula is C14H19NO. The number of piperidine rings is 1. The molecule has 0 radical (unpaired) electrons. The van der Waals surface area contributed by atoms with E-state index in [-0.39, 0.29) is 0 Å². The highest BCUT2D eigenvalue weighted by molar-refractivity contribution is 5.36. The normalized spacial score (nSPS) is 21.0. The van der Waals surface area contributed by atoms with Crippen molar-refractivity contribution >= 4 is 0 Å². The quantitative estimate of drug-likeness (QED) is 0.820. The predicted octanol–water partition coefficient (Wildman–Crippen LogP) is 2.26. The summed E-state index contributed by atoms with van der Waals surface area (Å²) in [6.45, 7) is 4.03. The Kier molecular flexibility index (Phi) is 2.94. The third kappa shape index (κ3) is 2.00. The van der Waals surface area contributed by atoms with Crippen LogP contribution >= 0.6 is 0 Å². The lowest BCUT2D eigenvalue weighted by Gasteiger charge is -2.23. The summed E-state index contributed by atoms with van der Waals surface area (Å²) < 4.78 is 5.53. The number of hydrogen-bond donors (Lipinski definition) is 1. The Morgan fingerprint density at radius 2 is 2.06 bits per heavy atom. The van der Waals surface area contributed by atoms with Crippen molar-refractivity contribution in [2.24, 2.45) is 5.92 Å². The topological polar surface area (TPSA) is 21.3 Å². The standard InChI is InChI=1S/C14H19NO/c1-2-12(8-11-4-6-15-7-5-11)14-10-16-9-13(14)3-1/h1-3,11,15H,4-10H2. The van der Waals surface area contributed by atoms with E-state index in [0.29, 0.717) is 0 Å². The summed E-state index contributed by atoms with van der Waals surface area (Å²) in [4.78, 5) is 0. The van der Waals surface area contributed by atoms with Gasteiger partial charge in [-0.2, -0.15) is 0 Å². The summed E-state index contributed by atoms with van der Waals surface area (Å²) in [7, 11) is 0. The van der Waals surface area contributed by atoms with Crippen LogP contribution in [-0.2, 0) is 24.4 Å². The average molecular weight is 217 g/mol. The molecule has 1 N–H and O–H groups in total. The highest BCUT2D eigenvalue weighted by Crippen LogP contribution is 2.27. The van der Waals surface area contributed by atoms with Gasteiger partial charge < -0.3 is 10.1 Å². The predicted molar refractivity (Wildman–Crippen MR) is 64.2 cm³/mol. The zero-order valence-electron chi connectivity index (χ0n) is 9.67. The molecule has 2 heterocycles. The molecule has 0 atom stereocenters. The van der Waals surface area contributed by atoms with Crippen LogP contribution in [0.4, 0.5) is 0 Å². The molecule has 1 aromatic carbocycles.